The summed E-state index contributed by atoms with van der Waals surface area (Å²) in [6.07, 6.45) is 3.85. The molecule has 32 heavy (non-hydrogen) atoms. The summed E-state index contributed by atoms with van der Waals surface area (Å²) in [6.45, 7) is 2.74. The van der Waals surface area contributed by atoms with Crippen LogP contribution in [-0.4, -0.2) is 48.6 Å². The maximum atomic E-state index is 12.4. The number of hydrogen-bond donors (Lipinski definition) is 3. The molecule has 0 bridgehead atoms. The highest BCUT2D eigenvalue weighted by atomic mass is 19.4. The quantitative estimate of drug-likeness (QED) is 0.568. The summed E-state index contributed by atoms with van der Waals surface area (Å²) < 4.78 is 31.7. The Hall–Kier alpha value is -2.42. The normalized spacial score (nSPS) is 16.7. The maximum Gasteiger partial charge on any atom is 0.490 e. The van der Waals surface area contributed by atoms with E-state index in [2.05, 4.69) is 16.7 Å². The van der Waals surface area contributed by atoms with Crippen LogP contribution < -0.4 is 10.6 Å². The molecule has 1 fully saturated rings. The number of carbonyl (C=O) groups is 3. The number of aliphatic carboxylic acids is 1. The predicted octanol–water partition coefficient (Wildman–Crippen LogP) is 3.67. The largest absolute Gasteiger partial charge is 0.490 e. The fourth-order valence-electron chi connectivity index (χ4n) is 3.96. The molecule has 1 amide bonds. The Morgan fingerprint density at radius 1 is 1.00 bits per heavy atom. The van der Waals surface area contributed by atoms with E-state index in [1.165, 1.54) is 43.2 Å². The van der Waals surface area contributed by atoms with Gasteiger partial charge in [-0.1, -0.05) is 31.4 Å². The van der Waals surface area contributed by atoms with Crippen LogP contribution in [0, 0.1) is 5.92 Å². The lowest BCUT2D eigenvalue weighted by Crippen LogP contribution is -2.30. The number of fused-ring (bicyclic) bond motifs is 1. The molecule has 1 heterocycles. The van der Waals surface area contributed by atoms with Crippen molar-refractivity contribution in [2.24, 2.45) is 5.92 Å². The smallest absolute Gasteiger partial charge is 0.475 e. The molecule has 3 rings (SSSR count). The zero-order chi connectivity index (χ0) is 23.6. The molecule has 0 aromatic heterocycles. The Balaban J connectivity index is 0.000000451. The van der Waals surface area contributed by atoms with E-state index < -0.39 is 12.1 Å². The summed E-state index contributed by atoms with van der Waals surface area (Å²) in [5.74, 6) is -2.04. The average Bonchev–Trinajstić information content (AvgIpc) is 3.01. The number of Topliss-reactive ketones (excluding diaryl/α,β-unsaturated/α-hetero) is 1. The maximum absolute atomic E-state index is 12.4. The number of carboxylic acid groups (broad SMARTS) is 1. The molecule has 0 spiro atoms. The molecule has 9 heteroatoms. The Morgan fingerprint density at radius 3 is 2.25 bits per heavy atom. The third-order valence-electron chi connectivity index (χ3n) is 5.80. The zero-order valence-corrected chi connectivity index (χ0v) is 18.1. The Kier molecular flexibility index (Phi) is 10.2. The standard InChI is InChI=1S/C21H30N2O2.C2HF3O2/c24-20(8-9-21(25)23-15-16-4-2-1-3-5-16)19-7-6-17-10-12-22-13-11-18(17)14-19;3-2(4,5)1(6)7/h6-7,14,16,22H,1-5,8-13,15H2,(H,23,25);(H,6,7). The lowest BCUT2D eigenvalue weighted by Gasteiger charge is -2.21. The minimum Gasteiger partial charge on any atom is -0.475 e. The van der Waals surface area contributed by atoms with Gasteiger partial charge in [-0.05, 0) is 61.9 Å². The van der Waals surface area contributed by atoms with Crippen LogP contribution in [0.25, 0.3) is 0 Å². The van der Waals surface area contributed by atoms with Crippen molar-refractivity contribution >= 4 is 17.7 Å². The number of carboxylic acids is 1. The number of nitrogens with one attached hydrogen (secondary N) is 2. The van der Waals surface area contributed by atoms with Crippen molar-refractivity contribution in [3.63, 3.8) is 0 Å². The number of benzene rings is 1. The molecule has 1 saturated carbocycles. The van der Waals surface area contributed by atoms with Crippen molar-refractivity contribution in [2.45, 2.75) is 64.0 Å². The van der Waals surface area contributed by atoms with Gasteiger partial charge in [0.2, 0.25) is 5.91 Å². The predicted molar refractivity (Wildman–Crippen MR) is 114 cm³/mol. The third-order valence-corrected chi connectivity index (χ3v) is 5.80. The van der Waals surface area contributed by atoms with Crippen LogP contribution >= 0.6 is 0 Å². The molecular weight excluding hydrogens is 425 g/mol. The van der Waals surface area contributed by atoms with Gasteiger partial charge >= 0.3 is 12.1 Å². The average molecular weight is 457 g/mol. The first-order valence-corrected chi connectivity index (χ1v) is 11.1. The second-order valence-corrected chi connectivity index (χ2v) is 8.27. The minimum absolute atomic E-state index is 0.0119. The van der Waals surface area contributed by atoms with Crippen molar-refractivity contribution in [1.29, 1.82) is 0 Å². The van der Waals surface area contributed by atoms with Gasteiger partial charge in [0, 0.05) is 24.9 Å². The molecule has 1 aromatic rings. The number of hydrogen-bond acceptors (Lipinski definition) is 4. The highest BCUT2D eigenvalue weighted by Gasteiger charge is 2.38. The van der Waals surface area contributed by atoms with Crippen molar-refractivity contribution in [2.75, 3.05) is 19.6 Å². The fourth-order valence-corrected chi connectivity index (χ4v) is 3.96. The summed E-state index contributed by atoms with van der Waals surface area (Å²) in [5.41, 5.74) is 3.37. The second-order valence-electron chi connectivity index (χ2n) is 8.27. The molecule has 0 saturated heterocycles. The van der Waals surface area contributed by atoms with Gasteiger partial charge in [0.1, 0.15) is 0 Å². The molecule has 1 aromatic carbocycles. The van der Waals surface area contributed by atoms with Crippen molar-refractivity contribution in [1.82, 2.24) is 10.6 Å². The number of alkyl halides is 3. The van der Waals surface area contributed by atoms with Gasteiger partial charge in [-0.15, -0.1) is 0 Å². The van der Waals surface area contributed by atoms with E-state index >= 15 is 0 Å². The van der Waals surface area contributed by atoms with Gasteiger partial charge in [0.15, 0.2) is 5.78 Å². The molecular formula is C23H31F3N2O4. The SMILES string of the molecule is O=C(CCC(=O)c1ccc2c(c1)CCNCC2)NCC1CCCCC1.O=C(O)C(F)(F)F. The van der Waals surface area contributed by atoms with Crippen molar-refractivity contribution in [3.8, 4) is 0 Å². The van der Waals surface area contributed by atoms with Gasteiger partial charge in [-0.25, -0.2) is 4.79 Å². The molecule has 0 atom stereocenters. The molecule has 0 unspecified atom stereocenters. The van der Waals surface area contributed by atoms with Crippen LogP contribution in [-0.2, 0) is 22.4 Å². The van der Waals surface area contributed by atoms with Gasteiger partial charge < -0.3 is 15.7 Å². The third kappa shape index (κ3) is 8.98. The Morgan fingerprint density at radius 2 is 1.62 bits per heavy atom. The molecule has 1 aliphatic heterocycles. The zero-order valence-electron chi connectivity index (χ0n) is 18.1. The number of amides is 1. The van der Waals surface area contributed by atoms with Gasteiger partial charge in [0.05, 0.1) is 0 Å². The van der Waals surface area contributed by atoms with Gasteiger partial charge in [-0.3, -0.25) is 9.59 Å². The number of ketones is 1. The van der Waals surface area contributed by atoms with E-state index in [4.69, 9.17) is 9.90 Å². The Labute approximate surface area is 186 Å². The van der Waals surface area contributed by atoms with E-state index in [9.17, 15) is 22.8 Å². The summed E-state index contributed by atoms with van der Waals surface area (Å²) in [7, 11) is 0. The van der Waals surface area contributed by atoms with Crippen LogP contribution in [0.5, 0.6) is 0 Å². The van der Waals surface area contributed by atoms with E-state index in [-0.39, 0.29) is 11.7 Å². The van der Waals surface area contributed by atoms with Crippen molar-refractivity contribution < 1.29 is 32.7 Å². The van der Waals surface area contributed by atoms with E-state index in [1.807, 2.05) is 12.1 Å². The van der Waals surface area contributed by atoms with E-state index in [1.54, 1.807) is 0 Å². The van der Waals surface area contributed by atoms with Crippen molar-refractivity contribution in [3.05, 3.63) is 34.9 Å². The van der Waals surface area contributed by atoms with Crippen LogP contribution in [0.15, 0.2) is 18.2 Å². The Bertz CT molecular complexity index is 790. The summed E-state index contributed by atoms with van der Waals surface area (Å²) in [4.78, 5) is 33.4. The van der Waals surface area contributed by atoms with Crippen LogP contribution in [0.4, 0.5) is 13.2 Å². The molecule has 0 radical (unpaired) electrons. The molecule has 2 aliphatic rings. The molecule has 3 N–H and O–H groups in total. The number of halogens is 3. The van der Waals surface area contributed by atoms with Gasteiger partial charge in [0.25, 0.3) is 0 Å². The number of carbonyl (C=O) groups excluding carboxylic acids is 2. The second kappa shape index (κ2) is 12.6. The lowest BCUT2D eigenvalue weighted by atomic mass is 9.89. The van der Waals surface area contributed by atoms with E-state index in [0.717, 1.165) is 38.0 Å². The fraction of sp³-hybridized carbons (Fsp3) is 0.609. The first kappa shape index (κ1) is 25.8. The van der Waals surface area contributed by atoms with E-state index in [0.29, 0.717) is 18.8 Å². The summed E-state index contributed by atoms with van der Waals surface area (Å²) in [6, 6.07) is 6.04. The van der Waals surface area contributed by atoms with Crippen LogP contribution in [0.2, 0.25) is 0 Å². The lowest BCUT2D eigenvalue weighted by molar-refractivity contribution is -0.192. The topological polar surface area (TPSA) is 95.5 Å². The monoisotopic (exact) mass is 456 g/mol. The first-order chi connectivity index (χ1) is 15.2. The summed E-state index contributed by atoms with van der Waals surface area (Å²) in [5, 5.41) is 13.5. The molecule has 178 valence electrons. The first-order valence-electron chi connectivity index (χ1n) is 11.1. The van der Waals surface area contributed by atoms with Gasteiger partial charge in [-0.2, -0.15) is 13.2 Å². The highest BCUT2D eigenvalue weighted by Crippen LogP contribution is 2.23. The molecule has 6 nitrogen and oxygen atoms in total. The number of rotatable bonds is 6. The minimum atomic E-state index is -5.08. The molecule has 1 aliphatic carbocycles. The van der Waals surface area contributed by atoms with Crippen LogP contribution in [0.1, 0.15) is 66.4 Å². The summed E-state index contributed by atoms with van der Waals surface area (Å²) >= 11 is 0. The highest BCUT2D eigenvalue weighted by molar-refractivity contribution is 5.98. The van der Waals surface area contributed by atoms with Crippen LogP contribution in [0.3, 0.4) is 0 Å².